The van der Waals surface area contributed by atoms with E-state index in [0.29, 0.717) is 42.5 Å². The van der Waals surface area contributed by atoms with Crippen LogP contribution in [0.5, 0.6) is 0 Å². The fourth-order valence-corrected chi connectivity index (χ4v) is 4.53. The van der Waals surface area contributed by atoms with Gasteiger partial charge in [-0.3, -0.25) is 24.3 Å². The lowest BCUT2D eigenvalue weighted by Crippen LogP contribution is -2.32. The van der Waals surface area contributed by atoms with Gasteiger partial charge in [0.1, 0.15) is 5.76 Å². The van der Waals surface area contributed by atoms with Crippen LogP contribution in [-0.2, 0) is 4.79 Å². The van der Waals surface area contributed by atoms with Crippen molar-refractivity contribution < 1.29 is 19.5 Å². The number of hydrogen-bond donors (Lipinski definition) is 1. The van der Waals surface area contributed by atoms with Crippen LogP contribution in [-0.4, -0.2) is 39.9 Å². The first-order valence-corrected chi connectivity index (χ1v) is 11.2. The van der Waals surface area contributed by atoms with Gasteiger partial charge in [0.2, 0.25) is 0 Å². The molecule has 33 heavy (non-hydrogen) atoms. The van der Waals surface area contributed by atoms with Crippen LogP contribution in [0.3, 0.4) is 0 Å². The number of allylic oxidation sites excluding steroid dienone is 2. The molecular formula is C27H28N2O4. The Kier molecular flexibility index (Phi) is 6.02. The van der Waals surface area contributed by atoms with E-state index < -0.39 is 0 Å². The van der Waals surface area contributed by atoms with Gasteiger partial charge in [0.25, 0.3) is 11.8 Å². The van der Waals surface area contributed by atoms with Crippen molar-refractivity contribution in [2.75, 3.05) is 6.54 Å². The summed E-state index contributed by atoms with van der Waals surface area (Å²) in [5, 5.41) is 10.8. The predicted molar refractivity (Wildman–Crippen MR) is 127 cm³/mol. The average Bonchev–Trinajstić information content (AvgIpc) is 2.99. The van der Waals surface area contributed by atoms with Crippen molar-refractivity contribution in [1.82, 2.24) is 4.90 Å². The summed E-state index contributed by atoms with van der Waals surface area (Å²) in [5.41, 5.74) is 2.99. The van der Waals surface area contributed by atoms with Crippen molar-refractivity contribution in [2.24, 2.45) is 10.4 Å². The van der Waals surface area contributed by atoms with Crippen molar-refractivity contribution in [3.05, 3.63) is 76.6 Å². The van der Waals surface area contributed by atoms with E-state index in [2.05, 4.69) is 0 Å². The number of ketones is 1. The third-order valence-corrected chi connectivity index (χ3v) is 6.19. The van der Waals surface area contributed by atoms with E-state index in [0.717, 1.165) is 11.3 Å². The number of benzene rings is 2. The number of aliphatic hydroxyl groups excluding tert-OH is 1. The van der Waals surface area contributed by atoms with Crippen molar-refractivity contribution in [3.63, 3.8) is 0 Å². The summed E-state index contributed by atoms with van der Waals surface area (Å²) >= 11 is 0. The van der Waals surface area contributed by atoms with Gasteiger partial charge in [0.05, 0.1) is 28.1 Å². The van der Waals surface area contributed by atoms with Crippen LogP contribution in [0, 0.1) is 12.3 Å². The van der Waals surface area contributed by atoms with Crippen molar-refractivity contribution in [2.45, 2.75) is 46.5 Å². The SMILES string of the molecule is Cc1ccccc1N=C(CCCN1C(=O)c2ccccc2C1=O)C1=C(O)CC(C)(C)CC1=O. The second-order valence-corrected chi connectivity index (χ2v) is 9.52. The van der Waals surface area contributed by atoms with Crippen LogP contribution in [0.25, 0.3) is 0 Å². The highest BCUT2D eigenvalue weighted by Gasteiger charge is 2.36. The molecule has 0 saturated carbocycles. The summed E-state index contributed by atoms with van der Waals surface area (Å²) in [6.45, 7) is 6.07. The minimum Gasteiger partial charge on any atom is -0.511 e. The van der Waals surface area contributed by atoms with Gasteiger partial charge in [-0.1, -0.05) is 44.2 Å². The number of rotatable bonds is 6. The number of aryl methyl sites for hydroxylation is 1. The summed E-state index contributed by atoms with van der Waals surface area (Å²) in [6, 6.07) is 14.4. The first kappa shape index (κ1) is 22.6. The number of fused-ring (bicyclic) bond motifs is 1. The van der Waals surface area contributed by atoms with Gasteiger partial charge < -0.3 is 5.11 Å². The normalized spacial score (nSPS) is 18.2. The predicted octanol–water partition coefficient (Wildman–Crippen LogP) is 5.35. The standard InChI is InChI=1S/C27H28N2O4/c1-17-9-4-7-12-20(17)28-21(24-22(30)15-27(2,3)16-23(24)31)13-8-14-29-25(32)18-10-5-6-11-19(18)26(29)33/h4-7,9-12,30H,8,13-16H2,1-3H3. The van der Waals surface area contributed by atoms with E-state index in [1.165, 1.54) is 4.90 Å². The Labute approximate surface area is 193 Å². The van der Waals surface area contributed by atoms with Gasteiger partial charge in [-0.05, 0) is 48.9 Å². The van der Waals surface area contributed by atoms with Crippen LogP contribution in [0.4, 0.5) is 5.69 Å². The zero-order valence-electron chi connectivity index (χ0n) is 19.2. The smallest absolute Gasteiger partial charge is 0.261 e. The van der Waals surface area contributed by atoms with E-state index in [4.69, 9.17) is 4.99 Å². The summed E-state index contributed by atoms with van der Waals surface area (Å²) in [7, 11) is 0. The Balaban J connectivity index is 1.59. The second kappa shape index (κ2) is 8.77. The van der Waals surface area contributed by atoms with Gasteiger partial charge >= 0.3 is 0 Å². The molecule has 0 atom stereocenters. The first-order valence-electron chi connectivity index (χ1n) is 11.2. The molecule has 2 amide bonds. The highest BCUT2D eigenvalue weighted by molar-refractivity contribution is 6.24. The largest absolute Gasteiger partial charge is 0.511 e. The fourth-order valence-electron chi connectivity index (χ4n) is 4.53. The monoisotopic (exact) mass is 444 g/mol. The molecule has 0 radical (unpaired) electrons. The maximum Gasteiger partial charge on any atom is 0.261 e. The third-order valence-electron chi connectivity index (χ3n) is 6.19. The number of aliphatic hydroxyl groups is 1. The maximum atomic E-state index is 13.0. The number of Topliss-reactive ketones (excluding diaryl/α,β-unsaturated/α-hetero) is 1. The molecule has 0 fully saturated rings. The lowest BCUT2D eigenvalue weighted by atomic mass is 9.75. The summed E-state index contributed by atoms with van der Waals surface area (Å²) < 4.78 is 0. The number of carbonyl (C=O) groups is 3. The summed E-state index contributed by atoms with van der Waals surface area (Å²) in [6.07, 6.45) is 1.52. The van der Waals surface area contributed by atoms with Crippen molar-refractivity contribution in [3.8, 4) is 0 Å². The van der Waals surface area contributed by atoms with Crippen molar-refractivity contribution in [1.29, 1.82) is 0 Å². The molecule has 1 heterocycles. The number of hydrogen-bond acceptors (Lipinski definition) is 5. The molecule has 0 spiro atoms. The first-order chi connectivity index (χ1) is 15.7. The summed E-state index contributed by atoms with van der Waals surface area (Å²) in [5.74, 6) is -0.669. The maximum absolute atomic E-state index is 13.0. The molecule has 4 rings (SSSR count). The fraction of sp³-hybridized carbons (Fsp3) is 0.333. The summed E-state index contributed by atoms with van der Waals surface area (Å²) in [4.78, 5) is 44.3. The van der Waals surface area contributed by atoms with Gasteiger partial charge in [-0.25, -0.2) is 0 Å². The van der Waals surface area contributed by atoms with E-state index in [9.17, 15) is 19.5 Å². The number of carbonyl (C=O) groups excluding carboxylic acids is 3. The van der Waals surface area contributed by atoms with Crippen LogP contribution in [0.15, 0.2) is 64.9 Å². The van der Waals surface area contributed by atoms with Gasteiger partial charge in [-0.15, -0.1) is 0 Å². The molecule has 1 N–H and O–H groups in total. The number of para-hydroxylation sites is 1. The molecule has 0 unspecified atom stereocenters. The molecule has 170 valence electrons. The molecule has 6 nitrogen and oxygen atoms in total. The van der Waals surface area contributed by atoms with Gasteiger partial charge in [-0.2, -0.15) is 0 Å². The topological polar surface area (TPSA) is 87.0 Å². The number of nitrogens with zero attached hydrogens (tertiary/aromatic N) is 2. The molecule has 1 aliphatic carbocycles. The Morgan fingerprint density at radius 3 is 2.18 bits per heavy atom. The van der Waals surface area contributed by atoms with E-state index >= 15 is 0 Å². The molecular weight excluding hydrogens is 416 g/mol. The molecule has 2 aromatic carbocycles. The van der Waals surface area contributed by atoms with Crippen LogP contribution in [0.2, 0.25) is 0 Å². The van der Waals surface area contributed by atoms with E-state index in [1.807, 2.05) is 45.0 Å². The number of imide groups is 1. The van der Waals surface area contributed by atoms with E-state index in [1.54, 1.807) is 24.3 Å². The minimum atomic E-state index is -0.307. The molecule has 0 saturated heterocycles. The molecule has 1 aliphatic heterocycles. The molecule has 6 heteroatoms. The quantitative estimate of drug-likeness (QED) is 0.481. The Bertz CT molecular complexity index is 1170. The number of amides is 2. The average molecular weight is 445 g/mol. The van der Waals surface area contributed by atoms with Crippen molar-refractivity contribution >= 4 is 29.0 Å². The lowest BCUT2D eigenvalue weighted by molar-refractivity contribution is -0.118. The molecule has 0 aromatic heterocycles. The van der Waals surface area contributed by atoms with Crippen LogP contribution in [0.1, 0.15) is 65.8 Å². The Morgan fingerprint density at radius 1 is 0.970 bits per heavy atom. The molecule has 2 aromatic rings. The zero-order valence-corrected chi connectivity index (χ0v) is 19.2. The van der Waals surface area contributed by atoms with Gasteiger partial charge in [0.15, 0.2) is 5.78 Å². The molecule has 0 bridgehead atoms. The number of aliphatic imine (C=N–C) groups is 1. The Morgan fingerprint density at radius 2 is 1.58 bits per heavy atom. The third kappa shape index (κ3) is 4.51. The van der Waals surface area contributed by atoms with E-state index in [-0.39, 0.29) is 40.9 Å². The Hall–Kier alpha value is -3.54. The second-order valence-electron chi connectivity index (χ2n) is 9.52. The van der Waals surface area contributed by atoms with Crippen LogP contribution < -0.4 is 0 Å². The van der Waals surface area contributed by atoms with Crippen LogP contribution >= 0.6 is 0 Å². The highest BCUT2D eigenvalue weighted by atomic mass is 16.3. The minimum absolute atomic E-state index is 0.0596. The van der Waals surface area contributed by atoms with Gasteiger partial charge in [0, 0.05) is 19.4 Å². The molecule has 2 aliphatic rings. The highest BCUT2D eigenvalue weighted by Crippen LogP contribution is 2.37. The zero-order chi connectivity index (χ0) is 23.8. The lowest BCUT2D eigenvalue weighted by Gasteiger charge is -2.30.